The van der Waals surface area contributed by atoms with E-state index in [2.05, 4.69) is 22.4 Å². The van der Waals surface area contributed by atoms with Gasteiger partial charge in [-0.2, -0.15) is 0 Å². The van der Waals surface area contributed by atoms with Crippen LogP contribution in [0.4, 0.5) is 11.5 Å². The second-order valence-corrected chi connectivity index (χ2v) is 6.82. The molecule has 8 nitrogen and oxygen atoms in total. The number of rotatable bonds is 6. The van der Waals surface area contributed by atoms with Crippen molar-refractivity contribution in [2.45, 2.75) is 19.8 Å². The van der Waals surface area contributed by atoms with Gasteiger partial charge < -0.3 is 24.4 Å². The minimum atomic E-state index is -0.0706. The fraction of sp³-hybridized carbons (Fsp3) is 0.450. The molecule has 1 aliphatic rings. The van der Waals surface area contributed by atoms with Crippen LogP contribution in [0.5, 0.6) is 17.2 Å². The number of carbonyl (C=O) groups excluding carboxylic acids is 1. The molecule has 0 saturated carbocycles. The number of anilines is 2. The SMILES string of the molecule is COc1cc(Nc2ccc(C(=O)N3CCC(C)CC3)nn2)cc(OC)c1OC. The van der Waals surface area contributed by atoms with E-state index in [4.69, 9.17) is 14.2 Å². The third kappa shape index (κ3) is 4.27. The number of amides is 1. The number of nitrogens with zero attached hydrogens (tertiary/aromatic N) is 3. The van der Waals surface area contributed by atoms with Crippen LogP contribution in [0.25, 0.3) is 0 Å². The highest BCUT2D eigenvalue weighted by Gasteiger charge is 2.22. The Morgan fingerprint density at radius 1 is 1.04 bits per heavy atom. The van der Waals surface area contributed by atoms with Crippen LogP contribution < -0.4 is 19.5 Å². The third-order valence-electron chi connectivity index (χ3n) is 4.89. The highest BCUT2D eigenvalue weighted by Crippen LogP contribution is 2.40. The Kier molecular flexibility index (Phi) is 6.18. The third-order valence-corrected chi connectivity index (χ3v) is 4.89. The monoisotopic (exact) mass is 386 g/mol. The number of benzene rings is 1. The molecule has 0 radical (unpaired) electrons. The van der Waals surface area contributed by atoms with Crippen LogP contribution in [0.3, 0.4) is 0 Å². The minimum Gasteiger partial charge on any atom is -0.493 e. The maximum Gasteiger partial charge on any atom is 0.274 e. The lowest BCUT2D eigenvalue weighted by Crippen LogP contribution is -2.38. The van der Waals surface area contributed by atoms with Crippen molar-refractivity contribution < 1.29 is 19.0 Å². The van der Waals surface area contributed by atoms with Crippen molar-refractivity contribution in [3.63, 3.8) is 0 Å². The number of methoxy groups -OCH3 is 3. The molecule has 0 atom stereocenters. The van der Waals surface area contributed by atoms with Crippen molar-refractivity contribution in [3.05, 3.63) is 30.0 Å². The molecule has 8 heteroatoms. The summed E-state index contributed by atoms with van der Waals surface area (Å²) in [5.74, 6) is 2.68. The number of piperidine rings is 1. The second-order valence-electron chi connectivity index (χ2n) is 6.82. The molecule has 0 aliphatic carbocycles. The van der Waals surface area contributed by atoms with Crippen LogP contribution in [0.15, 0.2) is 24.3 Å². The van der Waals surface area contributed by atoms with E-state index < -0.39 is 0 Å². The van der Waals surface area contributed by atoms with E-state index in [0.29, 0.717) is 40.4 Å². The smallest absolute Gasteiger partial charge is 0.274 e. The van der Waals surface area contributed by atoms with Gasteiger partial charge in [0.1, 0.15) is 0 Å². The quantitative estimate of drug-likeness (QED) is 0.816. The molecule has 1 amide bonds. The molecule has 1 aromatic carbocycles. The molecule has 2 heterocycles. The van der Waals surface area contributed by atoms with Crippen molar-refractivity contribution in [1.29, 1.82) is 0 Å². The highest BCUT2D eigenvalue weighted by atomic mass is 16.5. The molecule has 0 bridgehead atoms. The number of nitrogens with one attached hydrogen (secondary N) is 1. The van der Waals surface area contributed by atoms with E-state index >= 15 is 0 Å². The molecule has 3 rings (SSSR count). The van der Waals surface area contributed by atoms with Crippen LogP contribution >= 0.6 is 0 Å². The second kappa shape index (κ2) is 8.77. The van der Waals surface area contributed by atoms with Gasteiger partial charge in [0.25, 0.3) is 5.91 Å². The number of aromatic nitrogens is 2. The molecule has 1 saturated heterocycles. The van der Waals surface area contributed by atoms with Gasteiger partial charge in [-0.1, -0.05) is 6.92 Å². The van der Waals surface area contributed by atoms with E-state index in [1.54, 1.807) is 45.6 Å². The number of hydrogen-bond acceptors (Lipinski definition) is 7. The van der Waals surface area contributed by atoms with Crippen LogP contribution in [0.1, 0.15) is 30.3 Å². The van der Waals surface area contributed by atoms with Gasteiger partial charge in [-0.3, -0.25) is 4.79 Å². The van der Waals surface area contributed by atoms with Crippen LogP contribution in [0, 0.1) is 5.92 Å². The lowest BCUT2D eigenvalue weighted by molar-refractivity contribution is 0.0690. The average Bonchev–Trinajstić information content (AvgIpc) is 2.73. The molecule has 28 heavy (non-hydrogen) atoms. The molecule has 1 aliphatic heterocycles. The molecule has 2 aromatic rings. The number of carbonyl (C=O) groups is 1. The van der Waals surface area contributed by atoms with Crippen LogP contribution in [0.2, 0.25) is 0 Å². The summed E-state index contributed by atoms with van der Waals surface area (Å²) in [6.07, 6.45) is 2.06. The zero-order valence-electron chi connectivity index (χ0n) is 16.7. The fourth-order valence-corrected chi connectivity index (χ4v) is 3.19. The summed E-state index contributed by atoms with van der Waals surface area (Å²) < 4.78 is 16.0. The standard InChI is InChI=1S/C20H26N4O4/c1-13-7-9-24(10-8-13)20(25)15-5-6-18(23-22-15)21-14-11-16(26-2)19(28-4)17(12-14)27-3/h5-6,11-13H,7-10H2,1-4H3,(H,21,23). The van der Waals surface area contributed by atoms with Gasteiger partial charge in [-0.25, -0.2) is 0 Å². The Hall–Kier alpha value is -3.03. The Labute approximate surface area is 164 Å². The van der Waals surface area contributed by atoms with Crippen molar-refractivity contribution >= 4 is 17.4 Å². The summed E-state index contributed by atoms with van der Waals surface area (Å²) in [5, 5.41) is 11.4. The summed E-state index contributed by atoms with van der Waals surface area (Å²) in [4.78, 5) is 14.4. The number of likely N-dealkylation sites (tertiary alicyclic amines) is 1. The molecule has 1 N–H and O–H groups in total. The van der Waals surface area contributed by atoms with E-state index in [9.17, 15) is 4.79 Å². The molecular formula is C20H26N4O4. The first-order valence-corrected chi connectivity index (χ1v) is 9.25. The van der Waals surface area contributed by atoms with Gasteiger partial charge >= 0.3 is 0 Å². The maximum atomic E-state index is 12.6. The van der Waals surface area contributed by atoms with E-state index in [1.165, 1.54) is 0 Å². The van der Waals surface area contributed by atoms with Crippen LogP contribution in [-0.2, 0) is 0 Å². The van der Waals surface area contributed by atoms with Gasteiger partial charge in [0, 0.05) is 30.9 Å². The van der Waals surface area contributed by atoms with Gasteiger partial charge in [0.2, 0.25) is 5.75 Å². The van der Waals surface area contributed by atoms with Crippen molar-refractivity contribution in [1.82, 2.24) is 15.1 Å². The fourth-order valence-electron chi connectivity index (χ4n) is 3.19. The predicted molar refractivity (Wildman–Crippen MR) is 106 cm³/mol. The molecule has 1 fully saturated rings. The normalized spacial score (nSPS) is 14.5. The van der Waals surface area contributed by atoms with Crippen molar-refractivity contribution in [2.24, 2.45) is 5.92 Å². The van der Waals surface area contributed by atoms with Gasteiger partial charge in [-0.15, -0.1) is 10.2 Å². The Balaban J connectivity index is 1.73. The molecule has 1 aromatic heterocycles. The molecule has 0 unspecified atom stereocenters. The summed E-state index contributed by atoms with van der Waals surface area (Å²) in [6, 6.07) is 6.97. The lowest BCUT2D eigenvalue weighted by atomic mass is 9.99. The first-order valence-electron chi connectivity index (χ1n) is 9.25. The molecule has 150 valence electrons. The average molecular weight is 386 g/mol. The predicted octanol–water partition coefficient (Wildman–Crippen LogP) is 3.12. The summed E-state index contributed by atoms with van der Waals surface area (Å²) in [6.45, 7) is 3.76. The topological polar surface area (TPSA) is 85.8 Å². The van der Waals surface area contributed by atoms with E-state index in [-0.39, 0.29) is 5.91 Å². The Bertz CT molecular complexity index is 792. The van der Waals surface area contributed by atoms with Crippen LogP contribution in [-0.4, -0.2) is 55.4 Å². The number of hydrogen-bond donors (Lipinski definition) is 1. The summed E-state index contributed by atoms with van der Waals surface area (Å²) in [7, 11) is 4.67. The first-order chi connectivity index (χ1) is 13.5. The largest absolute Gasteiger partial charge is 0.493 e. The zero-order valence-corrected chi connectivity index (χ0v) is 16.7. The van der Waals surface area contributed by atoms with Crippen molar-refractivity contribution in [3.8, 4) is 17.2 Å². The Morgan fingerprint density at radius 2 is 1.68 bits per heavy atom. The van der Waals surface area contributed by atoms with E-state index in [0.717, 1.165) is 25.9 Å². The minimum absolute atomic E-state index is 0.0706. The highest BCUT2D eigenvalue weighted by molar-refractivity contribution is 5.92. The Morgan fingerprint density at radius 3 is 2.18 bits per heavy atom. The van der Waals surface area contributed by atoms with Gasteiger partial charge in [0.15, 0.2) is 23.0 Å². The van der Waals surface area contributed by atoms with Crippen molar-refractivity contribution in [2.75, 3.05) is 39.7 Å². The van der Waals surface area contributed by atoms with E-state index in [1.807, 2.05) is 4.90 Å². The summed E-state index contributed by atoms with van der Waals surface area (Å²) >= 11 is 0. The van der Waals surface area contributed by atoms with Gasteiger partial charge in [-0.05, 0) is 30.9 Å². The number of ether oxygens (including phenoxy) is 3. The first kappa shape index (κ1) is 19.7. The molecule has 0 spiro atoms. The summed E-state index contributed by atoms with van der Waals surface area (Å²) in [5.41, 5.74) is 1.05. The lowest BCUT2D eigenvalue weighted by Gasteiger charge is -2.29. The maximum absolute atomic E-state index is 12.6. The molecular weight excluding hydrogens is 360 g/mol. The van der Waals surface area contributed by atoms with Gasteiger partial charge in [0.05, 0.1) is 21.3 Å². The zero-order chi connectivity index (χ0) is 20.1.